The molecule has 0 N–H and O–H groups in total. The molecule has 0 saturated heterocycles. The van der Waals surface area contributed by atoms with Crippen LogP contribution in [-0.4, -0.2) is 6.18 Å². The topological polar surface area (TPSA) is 0 Å². The minimum absolute atomic E-state index is 0.275. The van der Waals surface area contributed by atoms with Gasteiger partial charge in [0.25, 0.3) is 0 Å². The van der Waals surface area contributed by atoms with E-state index < -0.39 is 12.6 Å². The molecule has 0 aromatic heterocycles. The molecule has 0 saturated carbocycles. The molecule has 5 heteroatoms. The van der Waals surface area contributed by atoms with Crippen molar-refractivity contribution < 1.29 is 13.2 Å². The zero-order chi connectivity index (χ0) is 16.4. The summed E-state index contributed by atoms with van der Waals surface area (Å²) in [6, 6.07) is 6.49. The Hall–Kier alpha value is -0.0300. The zero-order valence-corrected chi connectivity index (χ0v) is 15.9. The molecule has 0 unspecified atom stereocenters. The summed E-state index contributed by atoms with van der Waals surface area (Å²) in [6.45, 7) is 0. The van der Waals surface area contributed by atoms with Gasteiger partial charge in [-0.25, -0.2) is 0 Å². The minimum Gasteiger partial charge on any atom is -0.171 e. The summed E-state index contributed by atoms with van der Waals surface area (Å²) in [5.41, 5.74) is 2.61. The first-order valence-electron chi connectivity index (χ1n) is 7.82. The van der Waals surface area contributed by atoms with Crippen molar-refractivity contribution in [2.24, 2.45) is 0 Å². The Morgan fingerprint density at radius 3 is 1.91 bits per heavy atom. The van der Waals surface area contributed by atoms with Crippen molar-refractivity contribution in [3.8, 4) is 0 Å². The molecule has 0 aliphatic heterocycles. The van der Waals surface area contributed by atoms with E-state index >= 15 is 0 Å². The van der Waals surface area contributed by atoms with E-state index in [1.54, 1.807) is 0 Å². The normalized spacial score (nSPS) is 11.9. The standard InChI is InChI=1S/C17H23Br2F3/c18-13-15-10-14(11-16(19)12-15)8-6-4-2-1-3-5-7-9-17(20,21)22/h10-12H,1-9,13H2. The molecule has 1 aromatic rings. The average molecular weight is 444 g/mol. The van der Waals surface area contributed by atoms with Crippen molar-refractivity contribution in [2.75, 3.05) is 0 Å². The van der Waals surface area contributed by atoms with Crippen LogP contribution in [0.5, 0.6) is 0 Å². The molecule has 1 aromatic carbocycles. The van der Waals surface area contributed by atoms with Gasteiger partial charge in [-0.05, 0) is 42.5 Å². The summed E-state index contributed by atoms with van der Waals surface area (Å²) < 4.78 is 37.0. The van der Waals surface area contributed by atoms with Crippen LogP contribution in [0.15, 0.2) is 22.7 Å². The fraction of sp³-hybridized carbons (Fsp3) is 0.647. The Labute approximate surface area is 148 Å². The van der Waals surface area contributed by atoms with Crippen LogP contribution in [0.4, 0.5) is 13.2 Å². The second kappa shape index (κ2) is 10.7. The largest absolute Gasteiger partial charge is 0.389 e. The maximum Gasteiger partial charge on any atom is 0.389 e. The highest BCUT2D eigenvalue weighted by atomic mass is 79.9. The fourth-order valence-corrected chi connectivity index (χ4v) is 3.39. The van der Waals surface area contributed by atoms with E-state index in [-0.39, 0.29) is 6.42 Å². The summed E-state index contributed by atoms with van der Waals surface area (Å²) in [5, 5.41) is 0.858. The van der Waals surface area contributed by atoms with E-state index in [1.165, 1.54) is 11.1 Å². The van der Waals surface area contributed by atoms with Crippen molar-refractivity contribution in [1.82, 2.24) is 0 Å². The van der Waals surface area contributed by atoms with Gasteiger partial charge >= 0.3 is 6.18 Å². The van der Waals surface area contributed by atoms with E-state index in [1.807, 2.05) is 0 Å². The van der Waals surface area contributed by atoms with Crippen molar-refractivity contribution in [2.45, 2.75) is 69.3 Å². The number of aryl methyl sites for hydroxylation is 1. The van der Waals surface area contributed by atoms with Crippen molar-refractivity contribution in [1.29, 1.82) is 0 Å². The lowest BCUT2D eigenvalue weighted by Gasteiger charge is -2.06. The first-order chi connectivity index (χ1) is 10.4. The SMILES string of the molecule is FC(F)(F)CCCCCCCCCc1cc(Br)cc(CBr)c1. The third-order valence-corrected chi connectivity index (χ3v) is 4.70. The van der Waals surface area contributed by atoms with Crippen LogP contribution >= 0.6 is 31.9 Å². The van der Waals surface area contributed by atoms with E-state index in [0.717, 1.165) is 48.3 Å². The van der Waals surface area contributed by atoms with Crippen LogP contribution in [0.25, 0.3) is 0 Å². The predicted molar refractivity (Wildman–Crippen MR) is 93.5 cm³/mol. The summed E-state index contributed by atoms with van der Waals surface area (Å²) in [6.07, 6.45) is 2.78. The molecule has 0 amide bonds. The molecule has 0 bridgehead atoms. The van der Waals surface area contributed by atoms with E-state index in [9.17, 15) is 13.2 Å². The molecule has 0 spiro atoms. The quantitative estimate of drug-likeness (QED) is 0.258. The lowest BCUT2D eigenvalue weighted by atomic mass is 10.0. The highest BCUT2D eigenvalue weighted by molar-refractivity contribution is 9.10. The highest BCUT2D eigenvalue weighted by Gasteiger charge is 2.25. The smallest absolute Gasteiger partial charge is 0.171 e. The van der Waals surface area contributed by atoms with Gasteiger partial charge in [-0.2, -0.15) is 13.2 Å². The summed E-state index contributed by atoms with van der Waals surface area (Å²) in [7, 11) is 0. The lowest BCUT2D eigenvalue weighted by Crippen LogP contribution is -2.06. The number of halogens is 5. The van der Waals surface area contributed by atoms with Crippen molar-refractivity contribution in [3.05, 3.63) is 33.8 Å². The first kappa shape index (κ1) is 20.0. The molecule has 0 aliphatic rings. The molecule has 0 heterocycles. The zero-order valence-electron chi connectivity index (χ0n) is 12.7. The van der Waals surface area contributed by atoms with Gasteiger partial charge < -0.3 is 0 Å². The molecule has 0 fully saturated rings. The number of hydrogen-bond acceptors (Lipinski definition) is 0. The Kier molecular flexibility index (Phi) is 9.73. The molecule has 22 heavy (non-hydrogen) atoms. The van der Waals surface area contributed by atoms with Gasteiger partial charge in [0.2, 0.25) is 0 Å². The lowest BCUT2D eigenvalue weighted by molar-refractivity contribution is -0.135. The van der Waals surface area contributed by atoms with Gasteiger partial charge in [0.15, 0.2) is 0 Å². The second-order valence-electron chi connectivity index (χ2n) is 5.69. The predicted octanol–water partition coefficient (Wildman–Crippen LogP) is 7.57. The monoisotopic (exact) mass is 442 g/mol. The van der Waals surface area contributed by atoms with Gasteiger partial charge in [-0.3, -0.25) is 0 Å². The van der Waals surface area contributed by atoms with Crippen LogP contribution in [0.3, 0.4) is 0 Å². The molecule has 0 aliphatic carbocycles. The maximum absolute atomic E-state index is 12.0. The van der Waals surface area contributed by atoms with Crippen LogP contribution in [0.2, 0.25) is 0 Å². The molecular weight excluding hydrogens is 421 g/mol. The van der Waals surface area contributed by atoms with Crippen molar-refractivity contribution in [3.63, 3.8) is 0 Å². The number of unbranched alkanes of at least 4 members (excludes halogenated alkanes) is 6. The van der Waals surface area contributed by atoms with Crippen LogP contribution < -0.4 is 0 Å². The van der Waals surface area contributed by atoms with Gasteiger partial charge in [-0.1, -0.05) is 70.0 Å². The van der Waals surface area contributed by atoms with Crippen LogP contribution in [0.1, 0.15) is 62.5 Å². The van der Waals surface area contributed by atoms with E-state index in [2.05, 4.69) is 50.1 Å². The van der Waals surface area contributed by atoms with E-state index in [4.69, 9.17) is 0 Å². The Bertz CT molecular complexity index is 430. The Morgan fingerprint density at radius 1 is 0.773 bits per heavy atom. The number of hydrogen-bond donors (Lipinski definition) is 0. The fourth-order valence-electron chi connectivity index (χ4n) is 2.48. The average Bonchev–Trinajstić information content (AvgIpc) is 2.43. The Balaban J connectivity index is 2.05. The molecular formula is C17H23Br2F3. The third kappa shape index (κ3) is 9.88. The third-order valence-electron chi connectivity index (χ3n) is 3.60. The second-order valence-corrected chi connectivity index (χ2v) is 7.17. The summed E-state index contributed by atoms with van der Waals surface area (Å²) in [4.78, 5) is 0. The first-order valence-corrected chi connectivity index (χ1v) is 9.73. The Morgan fingerprint density at radius 2 is 1.32 bits per heavy atom. The molecule has 126 valence electrons. The number of alkyl halides is 4. The summed E-state index contributed by atoms with van der Waals surface area (Å²) >= 11 is 6.99. The van der Waals surface area contributed by atoms with Gasteiger partial charge in [0.1, 0.15) is 0 Å². The van der Waals surface area contributed by atoms with Crippen molar-refractivity contribution >= 4 is 31.9 Å². The maximum atomic E-state index is 12.0. The van der Waals surface area contributed by atoms with E-state index in [0.29, 0.717) is 6.42 Å². The van der Waals surface area contributed by atoms with Gasteiger partial charge in [0.05, 0.1) is 0 Å². The number of benzene rings is 1. The van der Waals surface area contributed by atoms with Crippen LogP contribution in [0, 0.1) is 0 Å². The molecule has 0 atom stereocenters. The minimum atomic E-state index is -3.99. The summed E-state index contributed by atoms with van der Waals surface area (Å²) in [5.74, 6) is 0. The molecule has 1 rings (SSSR count). The van der Waals surface area contributed by atoms with Gasteiger partial charge in [0, 0.05) is 16.2 Å². The van der Waals surface area contributed by atoms with Crippen LogP contribution in [-0.2, 0) is 11.8 Å². The van der Waals surface area contributed by atoms with Gasteiger partial charge in [-0.15, -0.1) is 0 Å². The highest BCUT2D eigenvalue weighted by Crippen LogP contribution is 2.23. The molecule has 0 radical (unpaired) electrons. The number of rotatable bonds is 10. The molecule has 0 nitrogen and oxygen atoms in total.